The molecule has 3 N–H and O–H groups in total. The molecule has 0 saturated heterocycles. The third-order valence-corrected chi connectivity index (χ3v) is 1.62. The van der Waals surface area contributed by atoms with Crippen molar-refractivity contribution in [2.24, 2.45) is 0 Å². The Hall–Kier alpha value is -2.04. The molecular formula is C9H9NO4. The van der Waals surface area contributed by atoms with Crippen LogP contribution in [0.2, 0.25) is 0 Å². The highest BCUT2D eigenvalue weighted by Crippen LogP contribution is 2.04. The summed E-state index contributed by atoms with van der Waals surface area (Å²) in [6.07, 6.45) is -1.13. The molecule has 0 bridgehead atoms. The van der Waals surface area contributed by atoms with Gasteiger partial charge in [0.2, 0.25) is 0 Å². The van der Waals surface area contributed by atoms with Crippen LogP contribution in [0, 0.1) is 0 Å². The molecule has 5 heteroatoms. The average molecular weight is 195 g/mol. The van der Waals surface area contributed by atoms with E-state index in [9.17, 15) is 9.59 Å². The van der Waals surface area contributed by atoms with Crippen molar-refractivity contribution >= 4 is 12.1 Å². The molecule has 1 rings (SSSR count). The van der Waals surface area contributed by atoms with Gasteiger partial charge in [0, 0.05) is 6.54 Å². The number of aromatic carboxylic acids is 1. The van der Waals surface area contributed by atoms with Crippen molar-refractivity contribution in [2.45, 2.75) is 6.54 Å². The first kappa shape index (κ1) is 10.0. The lowest BCUT2D eigenvalue weighted by Crippen LogP contribution is -2.20. The fraction of sp³-hybridized carbons (Fsp3) is 0.111. The molecule has 0 heterocycles. The Morgan fingerprint density at radius 2 is 2.00 bits per heavy atom. The van der Waals surface area contributed by atoms with Gasteiger partial charge >= 0.3 is 12.1 Å². The maximum Gasteiger partial charge on any atom is 0.404 e. The molecule has 5 nitrogen and oxygen atoms in total. The second-order valence-electron chi connectivity index (χ2n) is 2.66. The Morgan fingerprint density at radius 3 is 2.57 bits per heavy atom. The van der Waals surface area contributed by atoms with E-state index in [1.807, 2.05) is 0 Å². The highest BCUT2D eigenvalue weighted by Gasteiger charge is 2.03. The van der Waals surface area contributed by atoms with Gasteiger partial charge in [-0.15, -0.1) is 0 Å². The van der Waals surface area contributed by atoms with Crippen molar-refractivity contribution in [2.75, 3.05) is 0 Å². The van der Waals surface area contributed by atoms with Gasteiger partial charge in [-0.05, 0) is 17.7 Å². The Labute approximate surface area is 80.0 Å². The van der Waals surface area contributed by atoms with E-state index in [2.05, 4.69) is 5.32 Å². The van der Waals surface area contributed by atoms with E-state index in [1.165, 1.54) is 12.1 Å². The zero-order valence-corrected chi connectivity index (χ0v) is 7.23. The molecular weight excluding hydrogens is 186 g/mol. The van der Waals surface area contributed by atoms with E-state index in [0.29, 0.717) is 5.56 Å². The molecule has 1 aromatic carbocycles. The number of carboxylic acid groups (broad SMARTS) is 2. The molecule has 0 aromatic heterocycles. The van der Waals surface area contributed by atoms with Gasteiger partial charge in [-0.2, -0.15) is 0 Å². The number of carbonyl (C=O) groups is 2. The van der Waals surface area contributed by atoms with Crippen LogP contribution in [-0.4, -0.2) is 22.3 Å². The molecule has 0 radical (unpaired) electrons. The Morgan fingerprint density at radius 1 is 1.29 bits per heavy atom. The third kappa shape index (κ3) is 2.78. The van der Waals surface area contributed by atoms with Crippen molar-refractivity contribution in [1.29, 1.82) is 0 Å². The zero-order chi connectivity index (χ0) is 10.6. The van der Waals surface area contributed by atoms with Gasteiger partial charge in [0.05, 0.1) is 5.56 Å². The second kappa shape index (κ2) is 4.27. The first-order chi connectivity index (χ1) is 6.59. The third-order valence-electron chi connectivity index (χ3n) is 1.62. The maximum absolute atomic E-state index is 10.6. The van der Waals surface area contributed by atoms with Crippen LogP contribution in [0.4, 0.5) is 4.79 Å². The van der Waals surface area contributed by atoms with E-state index in [1.54, 1.807) is 12.1 Å². The summed E-state index contributed by atoms with van der Waals surface area (Å²) in [5.74, 6) is -1.03. The monoisotopic (exact) mass is 195 g/mol. The van der Waals surface area contributed by atoms with Gasteiger partial charge in [-0.3, -0.25) is 0 Å². The highest BCUT2D eigenvalue weighted by molar-refractivity contribution is 5.87. The lowest BCUT2D eigenvalue weighted by molar-refractivity contribution is 0.0696. The topological polar surface area (TPSA) is 86.6 Å². The van der Waals surface area contributed by atoms with Crippen molar-refractivity contribution in [3.8, 4) is 0 Å². The van der Waals surface area contributed by atoms with E-state index in [-0.39, 0.29) is 12.1 Å². The first-order valence-electron chi connectivity index (χ1n) is 3.88. The Bertz CT molecular complexity index is 362. The zero-order valence-electron chi connectivity index (χ0n) is 7.23. The number of hydrogen-bond donors (Lipinski definition) is 3. The smallest absolute Gasteiger partial charge is 0.404 e. The van der Waals surface area contributed by atoms with Crippen LogP contribution in [-0.2, 0) is 6.54 Å². The molecule has 0 saturated carbocycles. The first-order valence-corrected chi connectivity index (χ1v) is 3.88. The van der Waals surface area contributed by atoms with Crippen molar-refractivity contribution in [1.82, 2.24) is 5.32 Å². The van der Waals surface area contributed by atoms with Crippen LogP contribution in [0.5, 0.6) is 0 Å². The lowest BCUT2D eigenvalue weighted by atomic mass is 10.1. The van der Waals surface area contributed by atoms with Crippen molar-refractivity contribution < 1.29 is 19.8 Å². The minimum atomic E-state index is -1.13. The van der Waals surface area contributed by atoms with Gasteiger partial charge < -0.3 is 15.5 Å². The highest BCUT2D eigenvalue weighted by atomic mass is 16.4. The summed E-state index contributed by atoms with van der Waals surface area (Å²) in [5, 5.41) is 19.1. The minimum Gasteiger partial charge on any atom is -0.478 e. The summed E-state index contributed by atoms with van der Waals surface area (Å²) in [5.41, 5.74) is 0.766. The molecule has 0 fully saturated rings. The lowest BCUT2D eigenvalue weighted by Gasteiger charge is -2.01. The summed E-state index contributed by atoms with van der Waals surface area (Å²) < 4.78 is 0. The summed E-state index contributed by atoms with van der Waals surface area (Å²) in [7, 11) is 0. The minimum absolute atomic E-state index is 0.108. The van der Waals surface area contributed by atoms with Gasteiger partial charge in [0.15, 0.2) is 0 Å². The fourth-order valence-corrected chi connectivity index (χ4v) is 0.992. The molecule has 0 aliphatic heterocycles. The number of nitrogens with one attached hydrogen (secondary N) is 1. The molecule has 1 amide bonds. The van der Waals surface area contributed by atoms with Crippen LogP contribution in [0.3, 0.4) is 0 Å². The molecule has 74 valence electrons. The van der Waals surface area contributed by atoms with Gasteiger partial charge in [-0.1, -0.05) is 12.1 Å². The van der Waals surface area contributed by atoms with Crippen LogP contribution in [0.25, 0.3) is 0 Å². The molecule has 0 aliphatic rings. The molecule has 14 heavy (non-hydrogen) atoms. The number of hydrogen-bond acceptors (Lipinski definition) is 2. The van der Waals surface area contributed by atoms with Gasteiger partial charge in [0.1, 0.15) is 0 Å². The molecule has 0 unspecified atom stereocenters. The molecule has 1 aromatic rings. The van der Waals surface area contributed by atoms with Gasteiger partial charge in [0.25, 0.3) is 0 Å². The molecule has 0 atom stereocenters. The van der Waals surface area contributed by atoms with E-state index >= 15 is 0 Å². The largest absolute Gasteiger partial charge is 0.478 e. The van der Waals surface area contributed by atoms with Gasteiger partial charge in [-0.25, -0.2) is 9.59 Å². The number of benzene rings is 1. The quantitative estimate of drug-likeness (QED) is 0.675. The van der Waals surface area contributed by atoms with Crippen LogP contribution >= 0.6 is 0 Å². The predicted molar refractivity (Wildman–Crippen MR) is 48.3 cm³/mol. The summed E-state index contributed by atoms with van der Waals surface area (Å²) in [6.45, 7) is 0.108. The summed E-state index contributed by atoms with van der Waals surface area (Å²) >= 11 is 0. The van der Waals surface area contributed by atoms with Crippen LogP contribution in [0.15, 0.2) is 24.3 Å². The van der Waals surface area contributed by atoms with Crippen molar-refractivity contribution in [3.05, 3.63) is 35.4 Å². The second-order valence-corrected chi connectivity index (χ2v) is 2.66. The number of rotatable bonds is 3. The fourth-order valence-electron chi connectivity index (χ4n) is 0.992. The maximum atomic E-state index is 10.6. The molecule has 0 aliphatic carbocycles. The van der Waals surface area contributed by atoms with Crippen LogP contribution < -0.4 is 5.32 Å². The normalized spacial score (nSPS) is 9.43. The SMILES string of the molecule is O=C(O)NCc1cccc(C(=O)O)c1. The summed E-state index contributed by atoms with van der Waals surface area (Å²) in [6, 6.07) is 6.11. The number of carboxylic acids is 1. The van der Waals surface area contributed by atoms with Crippen molar-refractivity contribution in [3.63, 3.8) is 0 Å². The summed E-state index contributed by atoms with van der Waals surface area (Å²) in [4.78, 5) is 20.7. The predicted octanol–water partition coefficient (Wildman–Crippen LogP) is 1.15. The van der Waals surface area contributed by atoms with E-state index in [0.717, 1.165) is 0 Å². The van der Waals surface area contributed by atoms with E-state index < -0.39 is 12.1 Å². The molecule has 0 spiro atoms. The standard InChI is InChI=1S/C9H9NO4/c11-8(12)7-3-1-2-6(4-7)5-10-9(13)14/h1-4,10H,5H2,(H,11,12)(H,13,14). The Balaban J connectivity index is 2.73. The average Bonchev–Trinajstić information content (AvgIpc) is 2.15. The van der Waals surface area contributed by atoms with Crippen LogP contribution in [0.1, 0.15) is 15.9 Å². The number of amides is 1. The van der Waals surface area contributed by atoms with E-state index in [4.69, 9.17) is 10.2 Å². The Kier molecular flexibility index (Phi) is 3.06.